The average molecular weight is 260 g/mol. The van der Waals surface area contributed by atoms with Gasteiger partial charge in [-0.05, 0) is 43.1 Å². The van der Waals surface area contributed by atoms with Crippen LogP contribution in [0.15, 0.2) is 30.5 Å². The van der Waals surface area contributed by atoms with Crippen LogP contribution in [0.3, 0.4) is 0 Å². The van der Waals surface area contributed by atoms with E-state index in [1.54, 1.807) is 24.4 Å². The number of benzene rings is 1. The van der Waals surface area contributed by atoms with Crippen LogP contribution >= 0.6 is 0 Å². The summed E-state index contributed by atoms with van der Waals surface area (Å²) in [5.74, 6) is -0.231. The maximum atomic E-state index is 13.7. The second-order valence-electron chi connectivity index (χ2n) is 5.14. The minimum atomic E-state index is -0.242. The highest BCUT2D eigenvalue weighted by molar-refractivity contribution is 5.82. The number of aliphatic hydroxyl groups excluding tert-OH is 1. The van der Waals surface area contributed by atoms with Gasteiger partial charge >= 0.3 is 0 Å². The fourth-order valence-corrected chi connectivity index (χ4v) is 2.74. The van der Waals surface area contributed by atoms with E-state index in [1.807, 2.05) is 0 Å². The highest BCUT2D eigenvalue weighted by atomic mass is 19.1. The van der Waals surface area contributed by atoms with Crippen LogP contribution in [0.2, 0.25) is 0 Å². The zero-order valence-corrected chi connectivity index (χ0v) is 10.7. The molecular formula is C15H17FN2O. The van der Waals surface area contributed by atoms with Gasteiger partial charge in [-0.1, -0.05) is 6.07 Å². The van der Waals surface area contributed by atoms with E-state index in [4.69, 9.17) is 0 Å². The molecule has 0 bridgehead atoms. The van der Waals surface area contributed by atoms with Gasteiger partial charge in [0.1, 0.15) is 5.82 Å². The van der Waals surface area contributed by atoms with Crippen LogP contribution in [0.4, 0.5) is 4.39 Å². The highest BCUT2D eigenvalue weighted by Gasteiger charge is 2.18. The maximum absolute atomic E-state index is 13.7. The molecule has 1 aliphatic heterocycles. The first-order valence-corrected chi connectivity index (χ1v) is 6.66. The molecule has 2 aromatic rings. The van der Waals surface area contributed by atoms with Crippen molar-refractivity contribution in [2.45, 2.75) is 25.5 Å². The molecular weight excluding hydrogens is 243 g/mol. The third kappa shape index (κ3) is 2.60. The summed E-state index contributed by atoms with van der Waals surface area (Å²) in [6, 6.07) is 6.80. The molecule has 0 radical (unpaired) electrons. The molecule has 2 heterocycles. The Morgan fingerprint density at radius 3 is 3.11 bits per heavy atom. The summed E-state index contributed by atoms with van der Waals surface area (Å²) < 4.78 is 13.7. The molecule has 0 aliphatic carbocycles. The first-order chi connectivity index (χ1) is 9.24. The van der Waals surface area contributed by atoms with Crippen LogP contribution in [-0.2, 0) is 6.54 Å². The summed E-state index contributed by atoms with van der Waals surface area (Å²) in [5.41, 5.74) is 1.74. The van der Waals surface area contributed by atoms with Crippen molar-refractivity contribution < 1.29 is 9.50 Å². The molecule has 1 aliphatic rings. The Kier molecular flexibility index (Phi) is 3.44. The second kappa shape index (κ2) is 5.23. The number of aromatic nitrogens is 1. The van der Waals surface area contributed by atoms with Gasteiger partial charge in [-0.25, -0.2) is 4.39 Å². The number of fused-ring (bicyclic) bond motifs is 1. The van der Waals surface area contributed by atoms with Crippen molar-refractivity contribution in [2.24, 2.45) is 0 Å². The first kappa shape index (κ1) is 12.5. The quantitative estimate of drug-likeness (QED) is 0.900. The monoisotopic (exact) mass is 260 g/mol. The molecule has 1 aromatic heterocycles. The molecule has 0 amide bonds. The molecule has 0 saturated carbocycles. The van der Waals surface area contributed by atoms with Crippen molar-refractivity contribution in [3.05, 3.63) is 41.8 Å². The van der Waals surface area contributed by atoms with E-state index in [0.29, 0.717) is 18.5 Å². The number of piperidine rings is 1. The van der Waals surface area contributed by atoms with Gasteiger partial charge in [0, 0.05) is 24.7 Å². The number of β-amino-alcohol motifs (C(OH)–C–C–N with tert-alkyl or cyclic N) is 1. The first-order valence-electron chi connectivity index (χ1n) is 6.66. The molecule has 1 unspecified atom stereocenters. The molecule has 1 aromatic carbocycles. The summed E-state index contributed by atoms with van der Waals surface area (Å²) in [6.45, 7) is 2.37. The zero-order valence-electron chi connectivity index (χ0n) is 10.7. The Hall–Kier alpha value is -1.52. The Bertz CT molecular complexity index is 587. The van der Waals surface area contributed by atoms with Crippen molar-refractivity contribution in [3.63, 3.8) is 0 Å². The van der Waals surface area contributed by atoms with Crippen LogP contribution in [-0.4, -0.2) is 34.2 Å². The number of pyridine rings is 1. The van der Waals surface area contributed by atoms with Gasteiger partial charge in [0.05, 0.1) is 11.6 Å². The highest BCUT2D eigenvalue weighted by Crippen LogP contribution is 2.22. The lowest BCUT2D eigenvalue weighted by Crippen LogP contribution is -2.37. The maximum Gasteiger partial charge on any atom is 0.132 e. The van der Waals surface area contributed by atoms with Crippen LogP contribution in [0.25, 0.3) is 10.9 Å². The molecule has 4 heteroatoms. The predicted octanol–water partition coefficient (Wildman–Crippen LogP) is 2.33. The third-order valence-corrected chi connectivity index (χ3v) is 3.67. The fourth-order valence-electron chi connectivity index (χ4n) is 2.74. The van der Waals surface area contributed by atoms with Crippen molar-refractivity contribution in [1.29, 1.82) is 0 Å². The number of hydrogen-bond acceptors (Lipinski definition) is 3. The van der Waals surface area contributed by atoms with Crippen LogP contribution < -0.4 is 0 Å². The minimum Gasteiger partial charge on any atom is -0.392 e. The number of rotatable bonds is 2. The van der Waals surface area contributed by atoms with E-state index >= 15 is 0 Å². The number of nitrogens with zero attached hydrogens (tertiary/aromatic N) is 2. The Balaban J connectivity index is 1.90. The molecule has 3 rings (SSSR count). The van der Waals surface area contributed by atoms with Crippen molar-refractivity contribution in [2.75, 3.05) is 13.1 Å². The summed E-state index contributed by atoms with van der Waals surface area (Å²) in [5, 5.41) is 10.3. The van der Waals surface area contributed by atoms with E-state index < -0.39 is 0 Å². The van der Waals surface area contributed by atoms with Gasteiger partial charge < -0.3 is 5.11 Å². The Labute approximate surface area is 111 Å². The lowest BCUT2D eigenvalue weighted by Gasteiger charge is -2.30. The molecule has 1 atom stereocenters. The van der Waals surface area contributed by atoms with E-state index in [9.17, 15) is 9.50 Å². The smallest absolute Gasteiger partial charge is 0.132 e. The van der Waals surface area contributed by atoms with Gasteiger partial charge in [-0.15, -0.1) is 0 Å². The minimum absolute atomic E-state index is 0.231. The predicted molar refractivity (Wildman–Crippen MR) is 72.2 cm³/mol. The van der Waals surface area contributed by atoms with Gasteiger partial charge in [0.25, 0.3) is 0 Å². The third-order valence-electron chi connectivity index (χ3n) is 3.67. The Morgan fingerprint density at radius 1 is 1.37 bits per heavy atom. The summed E-state index contributed by atoms with van der Waals surface area (Å²) >= 11 is 0. The molecule has 100 valence electrons. The van der Waals surface area contributed by atoms with E-state index in [0.717, 1.165) is 30.5 Å². The molecule has 0 spiro atoms. The summed E-state index contributed by atoms with van der Waals surface area (Å²) in [7, 11) is 0. The van der Waals surface area contributed by atoms with E-state index in [1.165, 1.54) is 6.07 Å². The van der Waals surface area contributed by atoms with Gasteiger partial charge in [0.2, 0.25) is 0 Å². The van der Waals surface area contributed by atoms with E-state index in [2.05, 4.69) is 9.88 Å². The molecule has 3 nitrogen and oxygen atoms in total. The lowest BCUT2D eigenvalue weighted by molar-refractivity contribution is 0.0670. The van der Waals surface area contributed by atoms with Crippen molar-refractivity contribution in [1.82, 2.24) is 9.88 Å². The number of hydrogen-bond donors (Lipinski definition) is 1. The summed E-state index contributed by atoms with van der Waals surface area (Å²) in [4.78, 5) is 6.50. The molecule has 1 N–H and O–H groups in total. The average Bonchev–Trinajstić information content (AvgIpc) is 2.42. The SMILES string of the molecule is OC1CCCN(Cc2ccc(F)c3cccnc23)C1. The second-order valence-corrected chi connectivity index (χ2v) is 5.14. The van der Waals surface area contributed by atoms with E-state index in [-0.39, 0.29) is 11.9 Å². The standard InChI is InChI=1S/C15H17FN2O/c16-14-6-5-11(15-13(14)4-1-7-17-15)9-18-8-2-3-12(19)10-18/h1,4-7,12,19H,2-3,8-10H2. The van der Waals surface area contributed by atoms with Crippen molar-refractivity contribution in [3.8, 4) is 0 Å². The number of likely N-dealkylation sites (tertiary alicyclic amines) is 1. The molecule has 19 heavy (non-hydrogen) atoms. The topological polar surface area (TPSA) is 36.4 Å². The number of halogens is 1. The normalized spacial score (nSPS) is 20.8. The largest absolute Gasteiger partial charge is 0.392 e. The lowest BCUT2D eigenvalue weighted by atomic mass is 10.1. The Morgan fingerprint density at radius 2 is 2.26 bits per heavy atom. The van der Waals surface area contributed by atoms with Gasteiger partial charge in [-0.3, -0.25) is 9.88 Å². The van der Waals surface area contributed by atoms with Crippen molar-refractivity contribution >= 4 is 10.9 Å². The fraction of sp³-hybridized carbons (Fsp3) is 0.400. The van der Waals surface area contributed by atoms with Gasteiger partial charge in [0.15, 0.2) is 0 Å². The van der Waals surface area contributed by atoms with Crippen LogP contribution in [0, 0.1) is 5.82 Å². The van der Waals surface area contributed by atoms with Gasteiger partial charge in [-0.2, -0.15) is 0 Å². The zero-order chi connectivity index (χ0) is 13.2. The van der Waals surface area contributed by atoms with Crippen LogP contribution in [0.5, 0.6) is 0 Å². The van der Waals surface area contributed by atoms with Crippen LogP contribution in [0.1, 0.15) is 18.4 Å². The molecule has 1 fully saturated rings. The number of aliphatic hydroxyl groups is 1. The summed E-state index contributed by atoms with van der Waals surface area (Å²) in [6.07, 6.45) is 3.33. The molecule has 1 saturated heterocycles.